The predicted octanol–water partition coefficient (Wildman–Crippen LogP) is 20.3. The van der Waals surface area contributed by atoms with Gasteiger partial charge in [0.05, 0.1) is 16.9 Å². The molecule has 0 radical (unpaired) electrons. The normalized spacial score (nSPS) is 13.9. The Morgan fingerprint density at radius 3 is 1.21 bits per heavy atom. The molecule has 5 heterocycles. The molecule has 0 aliphatic carbocycles. The van der Waals surface area contributed by atoms with E-state index in [1.54, 1.807) is 0 Å². The van der Waals surface area contributed by atoms with Crippen molar-refractivity contribution in [2.45, 2.75) is 131 Å². The minimum Gasteiger partial charge on any atom is -0.456 e. The Hall–Kier alpha value is -9.25. The maximum Gasteiger partial charge on any atom is 0.256 e. The maximum absolute atomic E-state index is 7.99. The summed E-state index contributed by atoms with van der Waals surface area (Å²) in [7, 11) is 0. The average molecular weight is 1200 g/mol. The molecule has 452 valence electrons. The van der Waals surface area contributed by atoms with E-state index >= 15 is 0 Å². The van der Waals surface area contributed by atoms with Gasteiger partial charge in [0.2, 0.25) is 0 Å². The fourth-order valence-corrected chi connectivity index (χ4v) is 15.5. The van der Waals surface area contributed by atoms with Crippen LogP contribution in [-0.2, 0) is 0 Å². The first-order valence-corrected chi connectivity index (χ1v) is 34.1. The van der Waals surface area contributed by atoms with Crippen LogP contribution in [0, 0.1) is 0 Å². The van der Waals surface area contributed by atoms with Crippen molar-refractivity contribution in [3.63, 3.8) is 0 Å². The highest BCUT2D eigenvalue weighted by molar-refractivity contribution is 7.02. The van der Waals surface area contributed by atoms with Gasteiger partial charge < -0.3 is 18.9 Å². The molecule has 0 amide bonds. The van der Waals surface area contributed by atoms with E-state index in [2.05, 4.69) is 299 Å². The van der Waals surface area contributed by atoms with Crippen LogP contribution in [-0.4, -0.2) is 18.0 Å². The second-order valence-electron chi connectivity index (χ2n) is 28.3. The van der Waals surface area contributed by atoms with Gasteiger partial charge in [-0.05, 0) is 197 Å². The number of fused-ring (bicyclic) bond motifs is 13. The number of ether oxygens (including phenoxy) is 2. The van der Waals surface area contributed by atoms with Gasteiger partial charge in [0.25, 0.3) is 13.4 Å². The third-order valence-electron chi connectivity index (χ3n) is 21.5. The van der Waals surface area contributed by atoms with Gasteiger partial charge in [-0.25, -0.2) is 0 Å². The van der Waals surface area contributed by atoms with Gasteiger partial charge in [0.1, 0.15) is 23.0 Å². The average Bonchev–Trinajstić information content (AvgIpc) is 1.16. The highest BCUT2D eigenvalue weighted by Crippen LogP contribution is 2.53. The standard InChI is InChI=1S/C86H80B2N2O2/c1-13-53(11)64-35-41-78-73(45-64)87-72-47-67(62-27-19-57(20-28-62)51(7)8)34-40-77(72)89(69-37-31-60(32-38-69)59-23-15-55(16-24-59)49(3)4)83-80(87)86(92-78)84-81-85(83)91-79-42-36-65(54(12)14-2)46-74(79)88(81)75-48-68(63-29-21-58(22-30-63)52(9)10)44-71-70-43-66(33-39-76(70)90(84)82(71)75)61-25-17-56(18-26-61)50(5)6/h15-54H,13-14H2,1-12H3. The smallest absolute Gasteiger partial charge is 0.256 e. The van der Waals surface area contributed by atoms with Crippen LogP contribution in [0.2, 0.25) is 0 Å². The molecule has 4 aliphatic heterocycles. The fourth-order valence-electron chi connectivity index (χ4n) is 15.5. The van der Waals surface area contributed by atoms with Crippen molar-refractivity contribution in [2.24, 2.45) is 0 Å². The lowest BCUT2D eigenvalue weighted by molar-refractivity contribution is 0.474. The number of hydrogen-bond donors (Lipinski definition) is 0. The first kappa shape index (κ1) is 57.9. The van der Waals surface area contributed by atoms with Gasteiger partial charge in [-0.3, -0.25) is 0 Å². The molecule has 2 unspecified atom stereocenters. The Kier molecular flexibility index (Phi) is 14.0. The SMILES string of the molecule is CCC(C)c1ccc2c(c1)B1c3cc(-c4ccc(C(C)C)cc4)ccc3N(c3ccc(-c4ccc(C(C)C)cc4)cc3)c3c4c5c(c(c31)O2)-n1c2ccc(-c3ccc(C(C)C)cc3)cc2c2cc(-c3ccc(C(C)C)cc3)cc(c21)B5c1cc(C(C)CC)ccc1O4. The second kappa shape index (κ2) is 22.3. The van der Waals surface area contributed by atoms with Crippen molar-refractivity contribution in [3.8, 4) is 73.2 Å². The van der Waals surface area contributed by atoms with Crippen molar-refractivity contribution in [1.82, 2.24) is 4.57 Å². The van der Waals surface area contributed by atoms with Gasteiger partial charge in [0, 0.05) is 38.6 Å². The molecule has 1 aromatic heterocycles. The Bertz CT molecular complexity index is 4920. The Morgan fingerprint density at radius 1 is 0.337 bits per heavy atom. The molecule has 2 atom stereocenters. The van der Waals surface area contributed by atoms with Crippen LogP contribution in [0.5, 0.6) is 23.0 Å². The van der Waals surface area contributed by atoms with Crippen LogP contribution in [0.25, 0.3) is 72.0 Å². The summed E-state index contributed by atoms with van der Waals surface area (Å²) in [5.41, 5.74) is 31.4. The molecule has 0 spiro atoms. The van der Waals surface area contributed by atoms with Crippen molar-refractivity contribution in [2.75, 3.05) is 4.90 Å². The zero-order valence-electron chi connectivity index (χ0n) is 55.4. The largest absolute Gasteiger partial charge is 0.456 e. The molecule has 6 heteroatoms. The summed E-state index contributed by atoms with van der Waals surface area (Å²) in [6.07, 6.45) is 2.06. The Morgan fingerprint density at radius 2 is 0.717 bits per heavy atom. The predicted molar refractivity (Wildman–Crippen MR) is 393 cm³/mol. The van der Waals surface area contributed by atoms with E-state index in [0.717, 1.165) is 75.0 Å². The molecular formula is C86H80B2N2O2. The van der Waals surface area contributed by atoms with Crippen LogP contribution in [0.3, 0.4) is 0 Å². The molecule has 4 aliphatic rings. The zero-order chi connectivity index (χ0) is 63.1. The minimum atomic E-state index is -0.224. The summed E-state index contributed by atoms with van der Waals surface area (Å²) >= 11 is 0. The fraction of sp³-hybridized carbons (Fsp3) is 0.233. The van der Waals surface area contributed by atoms with Crippen molar-refractivity contribution in [3.05, 3.63) is 240 Å². The van der Waals surface area contributed by atoms with Crippen LogP contribution >= 0.6 is 0 Å². The number of nitrogens with zero attached hydrogens (tertiary/aromatic N) is 2. The molecule has 0 saturated heterocycles. The molecule has 0 bridgehead atoms. The molecule has 0 fully saturated rings. The number of aromatic nitrogens is 1. The van der Waals surface area contributed by atoms with E-state index in [1.165, 1.54) is 116 Å². The van der Waals surface area contributed by atoms with E-state index < -0.39 is 0 Å². The first-order valence-electron chi connectivity index (χ1n) is 34.1. The van der Waals surface area contributed by atoms with E-state index in [1.807, 2.05) is 0 Å². The lowest BCUT2D eigenvalue weighted by Gasteiger charge is -2.45. The van der Waals surface area contributed by atoms with E-state index in [0.29, 0.717) is 35.5 Å². The quantitative estimate of drug-likeness (QED) is 0.108. The monoisotopic (exact) mass is 1190 g/mol. The van der Waals surface area contributed by atoms with E-state index in [-0.39, 0.29) is 13.4 Å². The molecule has 16 rings (SSSR count). The summed E-state index contributed by atoms with van der Waals surface area (Å²) in [6.45, 7) is 27.1. The van der Waals surface area contributed by atoms with Crippen LogP contribution in [0.15, 0.2) is 206 Å². The Labute approximate surface area is 545 Å². The molecule has 0 N–H and O–H groups in total. The van der Waals surface area contributed by atoms with E-state index in [9.17, 15) is 0 Å². The lowest BCUT2D eigenvalue weighted by Crippen LogP contribution is -2.63. The van der Waals surface area contributed by atoms with Crippen molar-refractivity contribution in [1.29, 1.82) is 0 Å². The van der Waals surface area contributed by atoms with E-state index in [4.69, 9.17) is 9.47 Å². The zero-order valence-corrected chi connectivity index (χ0v) is 55.4. The Balaban J connectivity index is 1.04. The highest BCUT2D eigenvalue weighted by atomic mass is 16.5. The van der Waals surface area contributed by atoms with Crippen molar-refractivity contribution >= 4 is 85.1 Å². The number of benzene rings is 11. The topological polar surface area (TPSA) is 26.6 Å². The maximum atomic E-state index is 7.99. The summed E-state index contributed by atoms with van der Waals surface area (Å²) in [4.78, 5) is 2.54. The second-order valence-corrected chi connectivity index (χ2v) is 28.3. The molecule has 92 heavy (non-hydrogen) atoms. The summed E-state index contributed by atoms with van der Waals surface area (Å²) in [6, 6.07) is 79.9. The number of rotatable bonds is 13. The van der Waals surface area contributed by atoms with Gasteiger partial charge >= 0.3 is 0 Å². The highest BCUT2D eigenvalue weighted by Gasteiger charge is 2.52. The number of anilines is 3. The third kappa shape index (κ3) is 9.16. The lowest BCUT2D eigenvalue weighted by atomic mass is 9.31. The third-order valence-corrected chi connectivity index (χ3v) is 21.5. The first-order chi connectivity index (χ1) is 44.6. The summed E-state index contributed by atoms with van der Waals surface area (Å²) in [5, 5.41) is 2.44. The number of hydrogen-bond acceptors (Lipinski definition) is 3. The van der Waals surface area contributed by atoms with Gasteiger partial charge in [0.15, 0.2) is 0 Å². The van der Waals surface area contributed by atoms with Gasteiger partial charge in [-0.2, -0.15) is 0 Å². The summed E-state index contributed by atoms with van der Waals surface area (Å²) < 4.78 is 18.6. The molecular weight excluding hydrogens is 1110 g/mol. The molecule has 0 saturated carbocycles. The molecule has 12 aromatic rings. The minimum absolute atomic E-state index is 0.222. The molecule has 11 aromatic carbocycles. The van der Waals surface area contributed by atoms with Gasteiger partial charge in [-0.1, -0.05) is 241 Å². The van der Waals surface area contributed by atoms with Crippen LogP contribution in [0.1, 0.15) is 165 Å². The van der Waals surface area contributed by atoms with Crippen LogP contribution < -0.4 is 47.2 Å². The van der Waals surface area contributed by atoms with Crippen LogP contribution in [0.4, 0.5) is 17.1 Å². The van der Waals surface area contributed by atoms with Gasteiger partial charge in [-0.15, -0.1) is 0 Å². The summed E-state index contributed by atoms with van der Waals surface area (Å²) in [5.74, 6) is 6.01. The molecule has 4 nitrogen and oxygen atoms in total. The van der Waals surface area contributed by atoms with Crippen molar-refractivity contribution < 1.29 is 9.47 Å².